The summed E-state index contributed by atoms with van der Waals surface area (Å²) in [6.07, 6.45) is -1.43. The molecule has 0 saturated carbocycles. The second-order valence-electron chi connectivity index (χ2n) is 9.52. The Hall–Kier alpha value is -3.14. The van der Waals surface area contributed by atoms with Crippen molar-refractivity contribution >= 4 is 23.0 Å². The third-order valence-corrected chi connectivity index (χ3v) is 6.97. The second-order valence-corrected chi connectivity index (χ2v) is 9.52. The Bertz CT molecular complexity index is 1030. The fourth-order valence-electron chi connectivity index (χ4n) is 4.88. The van der Waals surface area contributed by atoms with Gasteiger partial charge in [0, 0.05) is 49.3 Å². The van der Waals surface area contributed by atoms with Gasteiger partial charge in [-0.2, -0.15) is 13.2 Å². The Morgan fingerprint density at radius 1 is 1.03 bits per heavy atom. The fourth-order valence-corrected chi connectivity index (χ4v) is 4.88. The maximum Gasteiger partial charge on any atom is 0.418 e. The van der Waals surface area contributed by atoms with Crippen LogP contribution in [0, 0.1) is 0 Å². The number of amides is 1. The fraction of sp³-hybridized carbons (Fsp3) is 0.519. The van der Waals surface area contributed by atoms with Crippen LogP contribution in [-0.4, -0.2) is 62.3 Å². The van der Waals surface area contributed by atoms with E-state index in [9.17, 15) is 18.0 Å². The number of anilines is 3. The van der Waals surface area contributed by atoms with Crippen molar-refractivity contribution in [2.24, 2.45) is 0 Å². The highest BCUT2D eigenvalue weighted by Gasteiger charge is 2.33. The average molecular weight is 521 g/mol. The number of rotatable bonds is 8. The molecule has 10 heteroatoms. The number of carbonyl (C=O) groups is 1. The third kappa shape index (κ3) is 7.21. The van der Waals surface area contributed by atoms with E-state index in [4.69, 9.17) is 15.2 Å². The van der Waals surface area contributed by atoms with Crippen LogP contribution in [0.2, 0.25) is 0 Å². The standard InChI is InChI=1S/C27H35F3N4O3/c1-2-36-22-6-4-21(5-7-22)33-15-11-23(12-16-33)37-18-26(35)34-13-9-19(10-14-34)32-20-3-8-25(31)24(17-20)27(28,29)30/h3-8,17,19,23,32H,2,9-16,18,31H2,1H3. The number of piperidine rings is 2. The highest BCUT2D eigenvalue weighted by atomic mass is 19.4. The monoisotopic (exact) mass is 520 g/mol. The molecule has 2 aromatic rings. The lowest BCUT2D eigenvalue weighted by molar-refractivity contribution is -0.139. The van der Waals surface area contributed by atoms with Gasteiger partial charge in [0.1, 0.15) is 12.4 Å². The van der Waals surface area contributed by atoms with Gasteiger partial charge in [-0.3, -0.25) is 4.79 Å². The lowest BCUT2D eigenvalue weighted by Gasteiger charge is -2.35. The summed E-state index contributed by atoms with van der Waals surface area (Å²) < 4.78 is 50.8. The number of carbonyl (C=O) groups excluding carboxylic acids is 1. The van der Waals surface area contributed by atoms with E-state index in [1.54, 1.807) is 11.0 Å². The summed E-state index contributed by atoms with van der Waals surface area (Å²) >= 11 is 0. The molecule has 0 aliphatic carbocycles. The summed E-state index contributed by atoms with van der Waals surface area (Å²) in [5, 5.41) is 3.15. The van der Waals surface area contributed by atoms with Crippen LogP contribution in [0.25, 0.3) is 0 Å². The molecule has 0 unspecified atom stereocenters. The van der Waals surface area contributed by atoms with E-state index in [0.29, 0.717) is 38.2 Å². The van der Waals surface area contributed by atoms with E-state index in [1.165, 1.54) is 6.07 Å². The topological polar surface area (TPSA) is 80.1 Å². The van der Waals surface area contributed by atoms with E-state index in [0.717, 1.165) is 43.4 Å². The number of nitrogens with zero attached hydrogens (tertiary/aromatic N) is 2. The highest BCUT2D eigenvalue weighted by molar-refractivity contribution is 5.77. The van der Waals surface area contributed by atoms with Crippen molar-refractivity contribution in [2.45, 2.75) is 50.9 Å². The van der Waals surface area contributed by atoms with E-state index >= 15 is 0 Å². The third-order valence-electron chi connectivity index (χ3n) is 6.97. The number of benzene rings is 2. The SMILES string of the molecule is CCOc1ccc(N2CCC(OCC(=O)N3CCC(Nc4ccc(N)c(C(F)(F)F)c4)CC3)CC2)cc1. The molecular weight excluding hydrogens is 485 g/mol. The minimum Gasteiger partial charge on any atom is -0.494 e. The van der Waals surface area contributed by atoms with Crippen LogP contribution < -0.4 is 20.7 Å². The van der Waals surface area contributed by atoms with Crippen molar-refractivity contribution < 1.29 is 27.4 Å². The summed E-state index contributed by atoms with van der Waals surface area (Å²) in [5.74, 6) is 0.822. The van der Waals surface area contributed by atoms with E-state index in [-0.39, 0.29) is 30.3 Å². The van der Waals surface area contributed by atoms with Crippen molar-refractivity contribution in [3.8, 4) is 5.75 Å². The zero-order valence-corrected chi connectivity index (χ0v) is 21.1. The van der Waals surface area contributed by atoms with Crippen molar-refractivity contribution in [2.75, 3.05) is 55.3 Å². The molecule has 0 spiro atoms. The molecule has 2 aliphatic rings. The normalized spacial score (nSPS) is 17.6. The van der Waals surface area contributed by atoms with Gasteiger partial charge in [-0.25, -0.2) is 0 Å². The Balaban J connectivity index is 1.17. The zero-order valence-electron chi connectivity index (χ0n) is 21.1. The number of hydrogen-bond donors (Lipinski definition) is 2. The van der Waals surface area contributed by atoms with Crippen LogP contribution in [0.15, 0.2) is 42.5 Å². The Morgan fingerprint density at radius 2 is 1.70 bits per heavy atom. The van der Waals surface area contributed by atoms with E-state index in [1.807, 2.05) is 19.1 Å². The zero-order chi connectivity index (χ0) is 26.4. The summed E-state index contributed by atoms with van der Waals surface area (Å²) in [6, 6.07) is 11.9. The quantitative estimate of drug-likeness (QED) is 0.488. The highest BCUT2D eigenvalue weighted by Crippen LogP contribution is 2.35. The number of halogens is 3. The molecule has 0 radical (unpaired) electrons. The molecule has 0 bridgehead atoms. The number of likely N-dealkylation sites (tertiary alicyclic amines) is 1. The maximum atomic E-state index is 13.1. The predicted molar refractivity (Wildman–Crippen MR) is 138 cm³/mol. The maximum absolute atomic E-state index is 13.1. The van der Waals surface area contributed by atoms with Crippen LogP contribution in [0.3, 0.4) is 0 Å². The Labute approximate surface area is 215 Å². The molecule has 2 saturated heterocycles. The number of hydrogen-bond acceptors (Lipinski definition) is 6. The first-order valence-corrected chi connectivity index (χ1v) is 12.8. The lowest BCUT2D eigenvalue weighted by Crippen LogP contribution is -2.45. The number of nitrogens with one attached hydrogen (secondary N) is 1. The predicted octanol–water partition coefficient (Wildman–Crippen LogP) is 4.77. The van der Waals surface area contributed by atoms with E-state index < -0.39 is 11.7 Å². The molecule has 0 atom stereocenters. The van der Waals surface area contributed by atoms with Gasteiger partial charge in [-0.1, -0.05) is 0 Å². The summed E-state index contributed by atoms with van der Waals surface area (Å²) in [6.45, 7) is 5.47. The van der Waals surface area contributed by atoms with Gasteiger partial charge in [-0.15, -0.1) is 0 Å². The first-order valence-electron chi connectivity index (χ1n) is 12.8. The van der Waals surface area contributed by atoms with Gasteiger partial charge in [0.2, 0.25) is 5.91 Å². The van der Waals surface area contributed by atoms with Crippen molar-refractivity contribution in [1.82, 2.24) is 4.90 Å². The van der Waals surface area contributed by atoms with Gasteiger partial charge in [0.15, 0.2) is 0 Å². The first kappa shape index (κ1) is 26.9. The van der Waals surface area contributed by atoms with Gasteiger partial charge in [0.25, 0.3) is 0 Å². The van der Waals surface area contributed by atoms with Gasteiger partial charge in [0.05, 0.1) is 18.3 Å². The van der Waals surface area contributed by atoms with Crippen LogP contribution in [0.4, 0.5) is 30.2 Å². The molecule has 2 aliphatic heterocycles. The molecule has 37 heavy (non-hydrogen) atoms. The van der Waals surface area contributed by atoms with E-state index in [2.05, 4.69) is 22.3 Å². The van der Waals surface area contributed by atoms with Crippen LogP contribution in [0.1, 0.15) is 38.2 Å². The lowest BCUT2D eigenvalue weighted by atomic mass is 10.0. The molecule has 2 aromatic carbocycles. The number of nitrogen functional groups attached to an aromatic ring is 1. The van der Waals surface area contributed by atoms with Crippen molar-refractivity contribution in [3.63, 3.8) is 0 Å². The second kappa shape index (κ2) is 11.9. The Morgan fingerprint density at radius 3 is 2.32 bits per heavy atom. The average Bonchev–Trinajstić information content (AvgIpc) is 2.89. The number of ether oxygens (including phenoxy) is 2. The minimum atomic E-state index is -4.50. The van der Waals surface area contributed by atoms with Gasteiger partial charge < -0.3 is 30.3 Å². The smallest absolute Gasteiger partial charge is 0.418 e. The van der Waals surface area contributed by atoms with Crippen LogP contribution >= 0.6 is 0 Å². The molecular formula is C27H35F3N4O3. The minimum absolute atomic E-state index is 0.0124. The molecule has 202 valence electrons. The molecule has 2 fully saturated rings. The first-order chi connectivity index (χ1) is 17.7. The van der Waals surface area contributed by atoms with Gasteiger partial charge in [-0.05, 0) is 75.1 Å². The number of alkyl halides is 3. The molecule has 1 amide bonds. The van der Waals surface area contributed by atoms with Gasteiger partial charge >= 0.3 is 6.18 Å². The molecule has 3 N–H and O–H groups in total. The Kier molecular flexibility index (Phi) is 8.68. The summed E-state index contributed by atoms with van der Waals surface area (Å²) in [4.78, 5) is 16.8. The molecule has 4 rings (SSSR count). The van der Waals surface area contributed by atoms with Crippen molar-refractivity contribution in [1.29, 1.82) is 0 Å². The molecule has 2 heterocycles. The number of nitrogens with two attached hydrogens (primary N) is 1. The summed E-state index contributed by atoms with van der Waals surface area (Å²) in [7, 11) is 0. The molecule has 0 aromatic heterocycles. The summed E-state index contributed by atoms with van der Waals surface area (Å²) in [5.41, 5.74) is 5.88. The van der Waals surface area contributed by atoms with Crippen LogP contribution in [-0.2, 0) is 15.7 Å². The van der Waals surface area contributed by atoms with Crippen molar-refractivity contribution in [3.05, 3.63) is 48.0 Å². The molecule has 7 nitrogen and oxygen atoms in total. The van der Waals surface area contributed by atoms with Crippen LogP contribution in [0.5, 0.6) is 5.75 Å². The largest absolute Gasteiger partial charge is 0.494 e.